The second-order valence-electron chi connectivity index (χ2n) is 10.6. The SMILES string of the molecule is C[C@H]1CC2(C)OC2CCC2(C)OC2CC2CC(=O)C(C)(O)C1C2(C)C. The largest absolute Gasteiger partial charge is 0.382 e. The minimum absolute atomic E-state index is 0.00602. The van der Waals surface area contributed by atoms with Crippen LogP contribution in [0.5, 0.6) is 0 Å². The summed E-state index contributed by atoms with van der Waals surface area (Å²) in [5.74, 6) is 0.448. The third-order valence-electron chi connectivity index (χ3n) is 8.22. The van der Waals surface area contributed by atoms with E-state index in [9.17, 15) is 9.90 Å². The summed E-state index contributed by atoms with van der Waals surface area (Å²) in [6, 6.07) is 0. The number of carbonyl (C=O) groups excluding carboxylic acids is 1. The summed E-state index contributed by atoms with van der Waals surface area (Å²) >= 11 is 0. The van der Waals surface area contributed by atoms with Crippen molar-refractivity contribution in [1.82, 2.24) is 0 Å². The molecule has 142 valence electrons. The van der Waals surface area contributed by atoms with Gasteiger partial charge in [-0.3, -0.25) is 4.79 Å². The molecule has 0 amide bonds. The lowest BCUT2D eigenvalue weighted by molar-refractivity contribution is -0.171. The maximum absolute atomic E-state index is 12.8. The zero-order chi connectivity index (χ0) is 18.4. The molecule has 4 heteroatoms. The molecule has 2 saturated carbocycles. The molecule has 0 aromatic carbocycles. The van der Waals surface area contributed by atoms with Crippen molar-refractivity contribution in [1.29, 1.82) is 0 Å². The zero-order valence-corrected chi connectivity index (χ0v) is 16.6. The number of hydrogen-bond donors (Lipinski definition) is 1. The van der Waals surface area contributed by atoms with Gasteiger partial charge >= 0.3 is 0 Å². The number of ether oxygens (including phenoxy) is 2. The number of carbonyl (C=O) groups is 1. The van der Waals surface area contributed by atoms with Crippen LogP contribution in [0.3, 0.4) is 0 Å². The second kappa shape index (κ2) is 5.08. The van der Waals surface area contributed by atoms with Gasteiger partial charge in [0, 0.05) is 12.3 Å². The lowest BCUT2D eigenvalue weighted by Crippen LogP contribution is -2.59. The first kappa shape index (κ1) is 17.9. The fourth-order valence-electron chi connectivity index (χ4n) is 6.60. The van der Waals surface area contributed by atoms with Gasteiger partial charge in [0.1, 0.15) is 5.60 Å². The molecular weight excluding hydrogens is 316 g/mol. The lowest BCUT2D eigenvalue weighted by Gasteiger charge is -2.54. The Bertz CT molecular complexity index is 597. The molecule has 2 saturated heterocycles. The van der Waals surface area contributed by atoms with Gasteiger partial charge in [-0.2, -0.15) is 0 Å². The highest BCUT2D eigenvalue weighted by Gasteiger charge is 2.63. The minimum atomic E-state index is -1.25. The van der Waals surface area contributed by atoms with Gasteiger partial charge in [-0.1, -0.05) is 20.8 Å². The van der Waals surface area contributed by atoms with E-state index in [1.807, 2.05) is 0 Å². The molecule has 4 nitrogen and oxygen atoms in total. The minimum Gasteiger partial charge on any atom is -0.382 e. The monoisotopic (exact) mass is 350 g/mol. The number of fused-ring (bicyclic) bond motifs is 4. The van der Waals surface area contributed by atoms with E-state index in [0.717, 1.165) is 25.7 Å². The number of epoxide rings is 2. The van der Waals surface area contributed by atoms with Crippen LogP contribution >= 0.6 is 0 Å². The van der Waals surface area contributed by atoms with Crippen molar-refractivity contribution in [3.8, 4) is 0 Å². The van der Waals surface area contributed by atoms with Crippen LogP contribution in [0.15, 0.2) is 0 Å². The first-order valence-corrected chi connectivity index (χ1v) is 10.0. The third-order valence-corrected chi connectivity index (χ3v) is 8.22. The number of rotatable bonds is 0. The Hall–Kier alpha value is -0.450. The molecule has 1 N–H and O–H groups in total. The van der Waals surface area contributed by atoms with Crippen molar-refractivity contribution in [2.24, 2.45) is 23.2 Å². The highest BCUT2D eigenvalue weighted by atomic mass is 16.6. The Balaban J connectivity index is 1.71. The molecule has 4 fully saturated rings. The van der Waals surface area contributed by atoms with E-state index in [1.165, 1.54) is 0 Å². The Morgan fingerprint density at radius 1 is 1.04 bits per heavy atom. The van der Waals surface area contributed by atoms with Gasteiger partial charge in [-0.25, -0.2) is 0 Å². The summed E-state index contributed by atoms with van der Waals surface area (Å²) in [6.45, 7) is 12.8. The molecule has 2 heterocycles. The van der Waals surface area contributed by atoms with E-state index in [1.54, 1.807) is 6.92 Å². The standard InChI is InChI=1S/C21H34O4/c1-12-11-20(5)15(24-20)7-8-19(4)16(25-19)10-13-9-14(22)21(6,23)17(12)18(13,2)3/h12-13,15-17,23H,7-11H2,1-6H3/t12-,13?,15?,16?,17?,19?,20?,21?/m0/s1. The summed E-state index contributed by atoms with van der Waals surface area (Å²) in [7, 11) is 0. The predicted molar refractivity (Wildman–Crippen MR) is 95.2 cm³/mol. The van der Waals surface area contributed by atoms with Crippen LogP contribution in [0.2, 0.25) is 0 Å². The van der Waals surface area contributed by atoms with Gasteiger partial charge < -0.3 is 14.6 Å². The summed E-state index contributed by atoms with van der Waals surface area (Å²) in [5, 5.41) is 11.2. The third kappa shape index (κ3) is 2.62. The first-order valence-electron chi connectivity index (χ1n) is 10.0. The average molecular weight is 350 g/mol. The van der Waals surface area contributed by atoms with E-state index in [2.05, 4.69) is 34.6 Å². The molecule has 7 unspecified atom stereocenters. The molecule has 4 aliphatic rings. The molecule has 4 rings (SSSR count). The quantitative estimate of drug-likeness (QED) is 0.679. The Labute approximate surface area is 151 Å². The molecule has 2 bridgehead atoms. The van der Waals surface area contributed by atoms with E-state index < -0.39 is 5.60 Å². The molecule has 0 spiro atoms. The molecule has 0 radical (unpaired) electrons. The van der Waals surface area contributed by atoms with E-state index in [-0.39, 0.29) is 46.3 Å². The maximum Gasteiger partial charge on any atom is 0.164 e. The summed E-state index contributed by atoms with van der Waals surface area (Å²) in [5.41, 5.74) is -1.52. The van der Waals surface area contributed by atoms with Gasteiger partial charge in [0.2, 0.25) is 0 Å². The fraction of sp³-hybridized carbons (Fsp3) is 0.952. The fourth-order valence-corrected chi connectivity index (χ4v) is 6.60. The number of hydrogen-bond acceptors (Lipinski definition) is 4. The van der Waals surface area contributed by atoms with Crippen molar-refractivity contribution in [2.45, 2.75) is 103 Å². The summed E-state index contributed by atoms with van der Waals surface area (Å²) < 4.78 is 12.2. The van der Waals surface area contributed by atoms with Gasteiger partial charge in [0.25, 0.3) is 0 Å². The molecule has 2 aliphatic carbocycles. The number of Topliss-reactive ketones (excluding diaryl/α,β-unsaturated/α-hetero) is 1. The van der Waals surface area contributed by atoms with Crippen LogP contribution in [-0.4, -0.2) is 39.9 Å². The Morgan fingerprint density at radius 3 is 2.36 bits per heavy atom. The van der Waals surface area contributed by atoms with Crippen molar-refractivity contribution >= 4 is 5.78 Å². The molecule has 2 aliphatic heterocycles. The van der Waals surface area contributed by atoms with Crippen LogP contribution in [0.1, 0.15) is 73.6 Å². The predicted octanol–water partition coefficient (Wildman–Crippen LogP) is 3.49. The van der Waals surface area contributed by atoms with E-state index in [4.69, 9.17) is 9.47 Å². The van der Waals surface area contributed by atoms with E-state index >= 15 is 0 Å². The zero-order valence-electron chi connectivity index (χ0n) is 16.6. The summed E-state index contributed by atoms with van der Waals surface area (Å²) in [4.78, 5) is 12.8. The number of ketones is 1. The van der Waals surface area contributed by atoms with Gasteiger partial charge in [0.05, 0.1) is 23.4 Å². The maximum atomic E-state index is 12.8. The normalized spacial score (nSPS) is 57.6. The Kier molecular flexibility index (Phi) is 3.65. The Morgan fingerprint density at radius 2 is 1.68 bits per heavy atom. The van der Waals surface area contributed by atoms with Crippen molar-refractivity contribution < 1.29 is 19.4 Å². The first-order chi connectivity index (χ1) is 11.4. The molecule has 8 atom stereocenters. The van der Waals surface area contributed by atoms with Gasteiger partial charge in [-0.05, 0) is 63.7 Å². The molecule has 25 heavy (non-hydrogen) atoms. The molecule has 0 aromatic rings. The lowest BCUT2D eigenvalue weighted by atomic mass is 9.51. The average Bonchev–Trinajstić information content (AvgIpc) is 3.30. The van der Waals surface area contributed by atoms with Crippen LogP contribution < -0.4 is 0 Å². The molecule has 0 aromatic heterocycles. The molecular formula is C21H34O4. The van der Waals surface area contributed by atoms with Crippen LogP contribution in [0.4, 0.5) is 0 Å². The van der Waals surface area contributed by atoms with Crippen molar-refractivity contribution in [2.75, 3.05) is 0 Å². The van der Waals surface area contributed by atoms with Crippen molar-refractivity contribution in [3.63, 3.8) is 0 Å². The van der Waals surface area contributed by atoms with E-state index in [0.29, 0.717) is 12.5 Å². The highest BCUT2D eigenvalue weighted by Crippen LogP contribution is 2.59. The number of aliphatic hydroxyl groups is 1. The topological polar surface area (TPSA) is 62.4 Å². The van der Waals surface area contributed by atoms with Gasteiger partial charge in [-0.15, -0.1) is 0 Å². The highest BCUT2D eigenvalue weighted by molar-refractivity contribution is 5.88. The van der Waals surface area contributed by atoms with Gasteiger partial charge in [0.15, 0.2) is 5.78 Å². The van der Waals surface area contributed by atoms with Crippen LogP contribution in [-0.2, 0) is 14.3 Å². The second-order valence-corrected chi connectivity index (χ2v) is 10.6. The summed E-state index contributed by atoms with van der Waals surface area (Å²) in [6.07, 6.45) is 4.92. The van der Waals surface area contributed by atoms with Crippen molar-refractivity contribution in [3.05, 3.63) is 0 Å². The van der Waals surface area contributed by atoms with Crippen LogP contribution in [0.25, 0.3) is 0 Å². The van der Waals surface area contributed by atoms with Crippen LogP contribution in [0, 0.1) is 23.2 Å². The smallest absolute Gasteiger partial charge is 0.164 e.